The summed E-state index contributed by atoms with van der Waals surface area (Å²) < 4.78 is 5.64. The van der Waals surface area contributed by atoms with Gasteiger partial charge in [0, 0.05) is 5.69 Å². The summed E-state index contributed by atoms with van der Waals surface area (Å²) in [5, 5.41) is 3.35. The van der Waals surface area contributed by atoms with Crippen molar-refractivity contribution in [2.75, 3.05) is 17.7 Å². The Hall–Kier alpha value is -2.16. The second-order valence-electron chi connectivity index (χ2n) is 4.99. The maximum Gasteiger partial charge on any atom is 0.144 e. The first kappa shape index (κ1) is 14.3. The summed E-state index contributed by atoms with van der Waals surface area (Å²) in [5.41, 5.74) is 11.3. The molecule has 3 N–H and O–H groups in total. The molecule has 0 atom stereocenters. The average Bonchev–Trinajstić information content (AvgIpc) is 2.44. The SMILES string of the molecule is CCCOc1cccc(Nc2ccc(C)c(C)c2)c1N. The van der Waals surface area contributed by atoms with Crippen LogP contribution in [0.1, 0.15) is 24.5 Å². The van der Waals surface area contributed by atoms with Crippen molar-refractivity contribution in [1.82, 2.24) is 0 Å². The number of nitrogens with one attached hydrogen (secondary N) is 1. The van der Waals surface area contributed by atoms with E-state index < -0.39 is 0 Å². The zero-order valence-corrected chi connectivity index (χ0v) is 12.4. The molecule has 0 saturated heterocycles. The lowest BCUT2D eigenvalue weighted by molar-refractivity contribution is 0.319. The first-order valence-electron chi connectivity index (χ1n) is 6.97. The third-order valence-electron chi connectivity index (χ3n) is 3.31. The topological polar surface area (TPSA) is 47.3 Å². The van der Waals surface area contributed by atoms with E-state index in [0.717, 1.165) is 23.5 Å². The lowest BCUT2D eigenvalue weighted by Crippen LogP contribution is -2.02. The largest absolute Gasteiger partial charge is 0.491 e. The number of para-hydroxylation sites is 1. The van der Waals surface area contributed by atoms with Crippen molar-refractivity contribution >= 4 is 17.1 Å². The molecule has 0 aliphatic rings. The summed E-state index contributed by atoms with van der Waals surface area (Å²) in [6.07, 6.45) is 0.967. The predicted octanol–water partition coefficient (Wildman–Crippen LogP) is 4.42. The molecule has 20 heavy (non-hydrogen) atoms. The second-order valence-corrected chi connectivity index (χ2v) is 4.99. The third kappa shape index (κ3) is 3.23. The quantitative estimate of drug-likeness (QED) is 0.791. The number of hydrogen-bond donors (Lipinski definition) is 2. The molecule has 0 radical (unpaired) electrons. The molecule has 2 rings (SSSR count). The van der Waals surface area contributed by atoms with Crippen molar-refractivity contribution in [3.63, 3.8) is 0 Å². The van der Waals surface area contributed by atoms with E-state index >= 15 is 0 Å². The number of benzene rings is 2. The van der Waals surface area contributed by atoms with E-state index in [4.69, 9.17) is 10.5 Å². The first-order valence-corrected chi connectivity index (χ1v) is 6.97. The van der Waals surface area contributed by atoms with Crippen LogP contribution >= 0.6 is 0 Å². The molecule has 2 aromatic rings. The lowest BCUT2D eigenvalue weighted by atomic mass is 10.1. The molecular formula is C17H22N2O. The highest BCUT2D eigenvalue weighted by molar-refractivity contribution is 5.77. The van der Waals surface area contributed by atoms with Crippen LogP contribution in [0, 0.1) is 13.8 Å². The Morgan fingerprint density at radius 1 is 1.10 bits per heavy atom. The summed E-state index contributed by atoms with van der Waals surface area (Å²) in [6, 6.07) is 12.1. The molecule has 2 aromatic carbocycles. The van der Waals surface area contributed by atoms with E-state index in [0.29, 0.717) is 12.3 Å². The van der Waals surface area contributed by atoms with E-state index in [2.05, 4.69) is 44.3 Å². The molecule has 3 nitrogen and oxygen atoms in total. The minimum absolute atomic E-state index is 0.652. The van der Waals surface area contributed by atoms with Crippen LogP contribution < -0.4 is 15.8 Å². The van der Waals surface area contributed by atoms with Crippen molar-refractivity contribution in [2.24, 2.45) is 0 Å². The Labute approximate surface area is 120 Å². The number of nitrogens with two attached hydrogens (primary N) is 1. The van der Waals surface area contributed by atoms with Gasteiger partial charge in [-0.15, -0.1) is 0 Å². The van der Waals surface area contributed by atoms with Gasteiger partial charge in [-0.05, 0) is 55.7 Å². The van der Waals surface area contributed by atoms with Crippen LogP contribution in [0.15, 0.2) is 36.4 Å². The van der Waals surface area contributed by atoms with Crippen molar-refractivity contribution in [1.29, 1.82) is 0 Å². The predicted molar refractivity (Wildman–Crippen MR) is 85.8 cm³/mol. The standard InChI is InChI=1S/C17H22N2O/c1-4-10-20-16-7-5-6-15(17(16)18)19-14-9-8-12(2)13(3)11-14/h5-9,11,19H,4,10,18H2,1-3H3. The molecular weight excluding hydrogens is 248 g/mol. The molecule has 0 amide bonds. The van der Waals surface area contributed by atoms with Crippen LogP contribution in [0.25, 0.3) is 0 Å². The van der Waals surface area contributed by atoms with Gasteiger partial charge in [0.2, 0.25) is 0 Å². The lowest BCUT2D eigenvalue weighted by Gasteiger charge is -2.14. The fraction of sp³-hybridized carbons (Fsp3) is 0.294. The second kappa shape index (κ2) is 6.33. The number of hydrogen-bond acceptors (Lipinski definition) is 3. The first-order chi connectivity index (χ1) is 9.61. The van der Waals surface area contributed by atoms with Crippen LogP contribution in [0.5, 0.6) is 5.75 Å². The average molecular weight is 270 g/mol. The Balaban J connectivity index is 2.22. The maximum atomic E-state index is 6.15. The highest BCUT2D eigenvalue weighted by Gasteiger charge is 2.06. The van der Waals surface area contributed by atoms with Crippen molar-refractivity contribution in [2.45, 2.75) is 27.2 Å². The van der Waals surface area contributed by atoms with Gasteiger partial charge in [-0.1, -0.05) is 19.1 Å². The summed E-state index contributed by atoms with van der Waals surface area (Å²) >= 11 is 0. The molecule has 106 valence electrons. The number of aryl methyl sites for hydroxylation is 2. The zero-order valence-electron chi connectivity index (χ0n) is 12.4. The minimum Gasteiger partial charge on any atom is -0.491 e. The number of anilines is 3. The summed E-state index contributed by atoms with van der Waals surface area (Å²) in [4.78, 5) is 0. The minimum atomic E-state index is 0.652. The fourth-order valence-electron chi connectivity index (χ4n) is 1.97. The van der Waals surface area contributed by atoms with Gasteiger partial charge in [-0.3, -0.25) is 0 Å². The van der Waals surface area contributed by atoms with E-state index in [1.807, 2.05) is 18.2 Å². The van der Waals surface area contributed by atoms with Gasteiger partial charge in [0.15, 0.2) is 0 Å². The smallest absolute Gasteiger partial charge is 0.144 e. The van der Waals surface area contributed by atoms with Gasteiger partial charge in [-0.25, -0.2) is 0 Å². The molecule has 0 unspecified atom stereocenters. The van der Waals surface area contributed by atoms with Crippen LogP contribution in [0.3, 0.4) is 0 Å². The number of rotatable bonds is 5. The van der Waals surface area contributed by atoms with Gasteiger partial charge < -0.3 is 15.8 Å². The third-order valence-corrected chi connectivity index (χ3v) is 3.31. The zero-order chi connectivity index (χ0) is 14.5. The van der Waals surface area contributed by atoms with Crippen LogP contribution in [0.4, 0.5) is 17.1 Å². The number of nitrogen functional groups attached to an aromatic ring is 1. The highest BCUT2D eigenvalue weighted by Crippen LogP contribution is 2.32. The molecule has 0 spiro atoms. The maximum absolute atomic E-state index is 6.15. The molecule has 0 heterocycles. The molecule has 0 fully saturated rings. The fourth-order valence-corrected chi connectivity index (χ4v) is 1.97. The Morgan fingerprint density at radius 3 is 2.60 bits per heavy atom. The Bertz CT molecular complexity index is 594. The molecule has 0 aromatic heterocycles. The van der Waals surface area contributed by atoms with Gasteiger partial charge in [-0.2, -0.15) is 0 Å². The van der Waals surface area contributed by atoms with Gasteiger partial charge in [0.25, 0.3) is 0 Å². The Morgan fingerprint density at radius 2 is 1.90 bits per heavy atom. The van der Waals surface area contributed by atoms with Gasteiger partial charge >= 0.3 is 0 Å². The normalized spacial score (nSPS) is 10.3. The van der Waals surface area contributed by atoms with Crippen LogP contribution in [-0.4, -0.2) is 6.61 Å². The Kier molecular flexibility index (Phi) is 4.51. The molecule has 0 saturated carbocycles. The number of ether oxygens (including phenoxy) is 1. The molecule has 0 aliphatic heterocycles. The van der Waals surface area contributed by atoms with E-state index in [1.54, 1.807) is 0 Å². The molecule has 0 bridgehead atoms. The highest BCUT2D eigenvalue weighted by atomic mass is 16.5. The van der Waals surface area contributed by atoms with Crippen LogP contribution in [0.2, 0.25) is 0 Å². The van der Waals surface area contributed by atoms with Crippen LogP contribution in [-0.2, 0) is 0 Å². The molecule has 3 heteroatoms. The van der Waals surface area contributed by atoms with Crippen molar-refractivity contribution < 1.29 is 4.74 Å². The monoisotopic (exact) mass is 270 g/mol. The van der Waals surface area contributed by atoms with E-state index in [1.165, 1.54) is 11.1 Å². The van der Waals surface area contributed by atoms with Gasteiger partial charge in [0.05, 0.1) is 18.0 Å². The molecule has 0 aliphatic carbocycles. The van der Waals surface area contributed by atoms with E-state index in [-0.39, 0.29) is 0 Å². The summed E-state index contributed by atoms with van der Waals surface area (Å²) in [5.74, 6) is 0.737. The van der Waals surface area contributed by atoms with Gasteiger partial charge in [0.1, 0.15) is 5.75 Å². The summed E-state index contributed by atoms with van der Waals surface area (Å²) in [7, 11) is 0. The van der Waals surface area contributed by atoms with E-state index in [9.17, 15) is 0 Å². The van der Waals surface area contributed by atoms with Crippen molar-refractivity contribution in [3.05, 3.63) is 47.5 Å². The summed E-state index contributed by atoms with van der Waals surface area (Å²) in [6.45, 7) is 6.96. The van der Waals surface area contributed by atoms with Crippen molar-refractivity contribution in [3.8, 4) is 5.75 Å².